The molecule has 0 radical (unpaired) electrons. The van der Waals surface area contributed by atoms with E-state index in [1.165, 1.54) is 17.7 Å². The van der Waals surface area contributed by atoms with E-state index in [2.05, 4.69) is 11.9 Å². The zero-order valence-corrected chi connectivity index (χ0v) is 9.55. The molecule has 2 nitrogen and oxygen atoms in total. The molecule has 78 valence electrons. The summed E-state index contributed by atoms with van der Waals surface area (Å²) in [6.45, 7) is 3.92. The zero-order valence-electron chi connectivity index (χ0n) is 8.73. The van der Waals surface area contributed by atoms with Crippen molar-refractivity contribution in [3.8, 4) is 0 Å². The molecule has 0 aliphatic rings. The summed E-state index contributed by atoms with van der Waals surface area (Å²) in [5.74, 6) is 1.15. The van der Waals surface area contributed by atoms with Gasteiger partial charge in [0.1, 0.15) is 0 Å². The Bertz CT molecular complexity index is 258. The van der Waals surface area contributed by atoms with Crippen LogP contribution < -0.4 is 0 Å². The molecule has 14 heavy (non-hydrogen) atoms. The quantitative estimate of drug-likeness (QED) is 0.600. The number of aliphatic hydroxyl groups is 1. The van der Waals surface area contributed by atoms with Crippen molar-refractivity contribution in [3.63, 3.8) is 0 Å². The molecule has 0 saturated carbocycles. The van der Waals surface area contributed by atoms with Crippen LogP contribution in [0.15, 0.2) is 23.2 Å². The van der Waals surface area contributed by atoms with Crippen LogP contribution in [0.25, 0.3) is 0 Å². The predicted octanol–water partition coefficient (Wildman–Crippen LogP) is 3.03. The van der Waals surface area contributed by atoms with Gasteiger partial charge in [0, 0.05) is 11.1 Å². The van der Waals surface area contributed by atoms with Crippen LogP contribution in [0.5, 0.6) is 0 Å². The molecule has 0 amide bonds. The highest BCUT2D eigenvalue weighted by molar-refractivity contribution is 7.99. The summed E-state index contributed by atoms with van der Waals surface area (Å²) in [6, 6.07) is 3.91. The summed E-state index contributed by atoms with van der Waals surface area (Å²) < 4.78 is 0. The summed E-state index contributed by atoms with van der Waals surface area (Å²) in [6.07, 6.45) is 3.84. The Hall–Kier alpha value is -0.540. The van der Waals surface area contributed by atoms with Crippen LogP contribution in [0.1, 0.15) is 38.5 Å². The van der Waals surface area contributed by atoms with E-state index in [9.17, 15) is 5.11 Å². The lowest BCUT2D eigenvalue weighted by Crippen LogP contribution is -1.94. The van der Waals surface area contributed by atoms with E-state index in [4.69, 9.17) is 0 Å². The summed E-state index contributed by atoms with van der Waals surface area (Å²) in [5, 5.41) is 9.26. The number of unbranched alkanes of at least 4 members (excludes halogenated alkanes) is 1. The average Bonchev–Trinajstić information content (AvgIpc) is 2.19. The lowest BCUT2D eigenvalue weighted by molar-refractivity contribution is 0.194. The average molecular weight is 211 g/mol. The van der Waals surface area contributed by atoms with Crippen LogP contribution in [0.3, 0.4) is 0 Å². The predicted molar refractivity (Wildman–Crippen MR) is 60.5 cm³/mol. The third kappa shape index (κ3) is 3.68. The first-order chi connectivity index (χ1) is 6.74. The van der Waals surface area contributed by atoms with Crippen molar-refractivity contribution in [1.82, 2.24) is 4.98 Å². The lowest BCUT2D eigenvalue weighted by atomic mass is 10.2. The molecule has 0 saturated heterocycles. The Morgan fingerprint density at radius 3 is 2.79 bits per heavy atom. The van der Waals surface area contributed by atoms with Crippen LogP contribution in [0.4, 0.5) is 0 Å². The molecule has 1 rings (SSSR count). The zero-order chi connectivity index (χ0) is 10.4. The summed E-state index contributed by atoms with van der Waals surface area (Å²) in [7, 11) is 0. The molecule has 0 unspecified atom stereocenters. The van der Waals surface area contributed by atoms with Gasteiger partial charge < -0.3 is 5.11 Å². The first-order valence-corrected chi connectivity index (χ1v) is 5.99. The Morgan fingerprint density at radius 1 is 1.50 bits per heavy atom. The number of hydrogen-bond acceptors (Lipinski definition) is 3. The molecule has 0 spiro atoms. The van der Waals surface area contributed by atoms with Gasteiger partial charge in [0.2, 0.25) is 0 Å². The first kappa shape index (κ1) is 11.5. The second-order valence-corrected chi connectivity index (χ2v) is 4.47. The minimum Gasteiger partial charge on any atom is -0.387 e. The van der Waals surface area contributed by atoms with Gasteiger partial charge in [-0.25, -0.2) is 0 Å². The molecule has 0 aliphatic heterocycles. The normalized spacial score (nSPS) is 12.8. The Morgan fingerprint density at radius 2 is 2.29 bits per heavy atom. The minimum absolute atomic E-state index is 0.468. The van der Waals surface area contributed by atoms with Crippen molar-refractivity contribution in [2.24, 2.45) is 0 Å². The highest BCUT2D eigenvalue weighted by atomic mass is 32.2. The molecule has 1 N–H and O–H groups in total. The smallest absolute Gasteiger partial charge is 0.0931 e. The van der Waals surface area contributed by atoms with E-state index in [0.29, 0.717) is 0 Å². The van der Waals surface area contributed by atoms with E-state index in [1.807, 2.05) is 30.1 Å². The monoisotopic (exact) mass is 211 g/mol. The van der Waals surface area contributed by atoms with E-state index >= 15 is 0 Å². The van der Waals surface area contributed by atoms with Gasteiger partial charge in [0.25, 0.3) is 0 Å². The van der Waals surface area contributed by atoms with E-state index in [-0.39, 0.29) is 0 Å². The molecule has 1 heterocycles. The fraction of sp³-hybridized carbons (Fsp3) is 0.545. The van der Waals surface area contributed by atoms with Gasteiger partial charge in [0.15, 0.2) is 0 Å². The number of nitrogens with zero attached hydrogens (tertiary/aromatic N) is 1. The molecular weight excluding hydrogens is 194 g/mol. The van der Waals surface area contributed by atoms with Crippen LogP contribution in [-0.4, -0.2) is 15.8 Å². The third-order valence-corrected chi connectivity index (χ3v) is 3.02. The number of rotatable bonds is 5. The Balaban J connectivity index is 2.47. The fourth-order valence-corrected chi connectivity index (χ4v) is 2.02. The van der Waals surface area contributed by atoms with E-state index in [0.717, 1.165) is 11.4 Å². The number of hydrogen-bond donors (Lipinski definition) is 1. The van der Waals surface area contributed by atoms with Gasteiger partial charge in [-0.15, -0.1) is 11.8 Å². The van der Waals surface area contributed by atoms with Gasteiger partial charge in [-0.3, -0.25) is 4.98 Å². The number of thioether (sulfide) groups is 1. The Kier molecular flexibility index (Phi) is 4.98. The van der Waals surface area contributed by atoms with Crippen LogP contribution in [0.2, 0.25) is 0 Å². The molecule has 1 aromatic heterocycles. The summed E-state index contributed by atoms with van der Waals surface area (Å²) in [5.41, 5.74) is 0.741. The maximum atomic E-state index is 9.26. The second kappa shape index (κ2) is 6.04. The van der Waals surface area contributed by atoms with Crippen molar-refractivity contribution in [2.45, 2.75) is 37.7 Å². The molecule has 0 aliphatic carbocycles. The number of aliphatic hydroxyl groups excluding tert-OH is 1. The number of aromatic nitrogens is 1. The minimum atomic E-state index is -0.468. The van der Waals surface area contributed by atoms with Crippen molar-refractivity contribution in [2.75, 3.05) is 5.75 Å². The maximum Gasteiger partial charge on any atom is 0.0931 e. The molecule has 0 fully saturated rings. The third-order valence-electron chi connectivity index (χ3n) is 1.95. The lowest BCUT2D eigenvalue weighted by Gasteiger charge is -2.04. The highest BCUT2D eigenvalue weighted by Crippen LogP contribution is 2.19. The maximum absolute atomic E-state index is 9.26. The van der Waals surface area contributed by atoms with Gasteiger partial charge in [-0.2, -0.15) is 0 Å². The van der Waals surface area contributed by atoms with Gasteiger partial charge in [-0.1, -0.05) is 13.3 Å². The second-order valence-electron chi connectivity index (χ2n) is 3.30. The summed E-state index contributed by atoms with van der Waals surface area (Å²) in [4.78, 5) is 5.37. The van der Waals surface area contributed by atoms with Crippen molar-refractivity contribution in [1.29, 1.82) is 0 Å². The molecule has 1 atom stereocenters. The molecule has 1 aromatic rings. The van der Waals surface area contributed by atoms with Gasteiger partial charge in [-0.05, 0) is 31.2 Å². The van der Waals surface area contributed by atoms with Crippen molar-refractivity contribution >= 4 is 11.8 Å². The van der Waals surface area contributed by atoms with Crippen LogP contribution in [0, 0.1) is 0 Å². The largest absolute Gasteiger partial charge is 0.387 e. The van der Waals surface area contributed by atoms with Crippen molar-refractivity contribution < 1.29 is 5.11 Å². The van der Waals surface area contributed by atoms with Crippen molar-refractivity contribution in [3.05, 3.63) is 24.0 Å². The highest BCUT2D eigenvalue weighted by Gasteiger charge is 2.01. The molecular formula is C11H17NOS. The Labute approximate surface area is 89.8 Å². The van der Waals surface area contributed by atoms with Crippen LogP contribution >= 0.6 is 11.8 Å². The molecule has 3 heteroatoms. The first-order valence-electron chi connectivity index (χ1n) is 5.01. The fourth-order valence-electron chi connectivity index (χ4n) is 1.06. The van der Waals surface area contributed by atoms with E-state index < -0.39 is 6.10 Å². The van der Waals surface area contributed by atoms with Gasteiger partial charge in [0.05, 0.1) is 11.8 Å². The SMILES string of the molecule is CCCCSc1ccc([C@@H](C)O)nc1. The molecule has 0 bridgehead atoms. The van der Waals surface area contributed by atoms with Crippen LogP contribution in [-0.2, 0) is 0 Å². The standard InChI is InChI=1S/C11H17NOS/c1-3-4-7-14-10-5-6-11(9(2)13)12-8-10/h5-6,8-9,13H,3-4,7H2,1-2H3/t9-/m1/s1. The topological polar surface area (TPSA) is 33.1 Å². The van der Waals surface area contributed by atoms with Gasteiger partial charge >= 0.3 is 0 Å². The molecule has 0 aromatic carbocycles. The number of pyridine rings is 1. The van der Waals surface area contributed by atoms with E-state index in [1.54, 1.807) is 6.92 Å². The summed E-state index contributed by atoms with van der Waals surface area (Å²) >= 11 is 1.82.